The van der Waals surface area contributed by atoms with Crippen molar-refractivity contribution in [3.63, 3.8) is 0 Å². The Labute approximate surface area is 123 Å². The molecule has 6 heteroatoms. The minimum atomic E-state index is -3.31. The number of nitrogens with one attached hydrogen (secondary N) is 1. The Morgan fingerprint density at radius 2 is 1.90 bits per heavy atom. The van der Waals surface area contributed by atoms with Crippen molar-refractivity contribution in [2.45, 2.75) is 46.1 Å². The Kier molecular flexibility index (Phi) is 5.45. The van der Waals surface area contributed by atoms with Crippen molar-refractivity contribution in [1.29, 1.82) is 0 Å². The standard InChI is InChI=1S/C14H29N3O2S/c1-4-7-17(14-5-6-15-9-14)20(18,19)16-10-12(2)8-13(3)11-16/h12-15H,4-11H2,1-3H3. The van der Waals surface area contributed by atoms with E-state index in [0.29, 0.717) is 31.5 Å². The van der Waals surface area contributed by atoms with Crippen LogP contribution in [0.15, 0.2) is 0 Å². The third-order valence-electron chi connectivity index (χ3n) is 4.34. The molecule has 1 N–H and O–H groups in total. The summed E-state index contributed by atoms with van der Waals surface area (Å²) < 4.78 is 29.4. The lowest BCUT2D eigenvalue weighted by Gasteiger charge is -2.38. The van der Waals surface area contributed by atoms with Gasteiger partial charge >= 0.3 is 0 Å². The second kappa shape index (κ2) is 6.73. The third-order valence-corrected chi connectivity index (χ3v) is 6.37. The number of piperidine rings is 1. The lowest BCUT2D eigenvalue weighted by atomic mass is 9.94. The Morgan fingerprint density at radius 1 is 1.25 bits per heavy atom. The molecule has 0 aliphatic carbocycles. The average Bonchev–Trinajstić information content (AvgIpc) is 2.88. The van der Waals surface area contributed by atoms with E-state index >= 15 is 0 Å². The Bertz CT molecular complexity index is 397. The van der Waals surface area contributed by atoms with Crippen molar-refractivity contribution >= 4 is 10.2 Å². The summed E-state index contributed by atoms with van der Waals surface area (Å²) >= 11 is 0. The molecule has 2 fully saturated rings. The highest BCUT2D eigenvalue weighted by Gasteiger charge is 2.38. The van der Waals surface area contributed by atoms with E-state index in [1.807, 2.05) is 6.92 Å². The van der Waals surface area contributed by atoms with Gasteiger partial charge in [0.05, 0.1) is 0 Å². The molecule has 0 spiro atoms. The van der Waals surface area contributed by atoms with Gasteiger partial charge in [-0.3, -0.25) is 0 Å². The van der Waals surface area contributed by atoms with Gasteiger partial charge in [-0.15, -0.1) is 0 Å². The van der Waals surface area contributed by atoms with Crippen molar-refractivity contribution in [2.75, 3.05) is 32.7 Å². The van der Waals surface area contributed by atoms with Crippen LogP contribution in [0.2, 0.25) is 0 Å². The highest BCUT2D eigenvalue weighted by atomic mass is 32.2. The minimum absolute atomic E-state index is 0.132. The zero-order valence-corrected chi connectivity index (χ0v) is 13.8. The normalized spacial score (nSPS) is 32.9. The van der Waals surface area contributed by atoms with E-state index in [-0.39, 0.29) is 6.04 Å². The largest absolute Gasteiger partial charge is 0.315 e. The quantitative estimate of drug-likeness (QED) is 0.832. The Morgan fingerprint density at radius 3 is 2.40 bits per heavy atom. The van der Waals surface area contributed by atoms with Gasteiger partial charge in [-0.2, -0.15) is 17.0 Å². The smallest absolute Gasteiger partial charge is 0.282 e. The summed E-state index contributed by atoms with van der Waals surface area (Å²) in [6.07, 6.45) is 2.93. The van der Waals surface area contributed by atoms with Gasteiger partial charge < -0.3 is 5.32 Å². The molecule has 2 rings (SSSR count). The summed E-state index contributed by atoms with van der Waals surface area (Å²) in [5.74, 6) is 0.914. The first-order chi connectivity index (χ1) is 9.45. The van der Waals surface area contributed by atoms with Gasteiger partial charge in [0.15, 0.2) is 0 Å². The molecule has 20 heavy (non-hydrogen) atoms. The van der Waals surface area contributed by atoms with Gasteiger partial charge in [0.1, 0.15) is 0 Å². The van der Waals surface area contributed by atoms with E-state index in [0.717, 1.165) is 32.4 Å². The van der Waals surface area contributed by atoms with Gasteiger partial charge in [0.25, 0.3) is 10.2 Å². The zero-order chi connectivity index (χ0) is 14.8. The number of rotatable bonds is 5. The van der Waals surface area contributed by atoms with Crippen molar-refractivity contribution in [3.8, 4) is 0 Å². The summed E-state index contributed by atoms with van der Waals surface area (Å²) in [7, 11) is -3.31. The van der Waals surface area contributed by atoms with Crippen LogP contribution in [0.1, 0.15) is 40.0 Å². The molecule has 3 atom stereocenters. The molecule has 0 aromatic heterocycles. The predicted molar refractivity (Wildman–Crippen MR) is 81.7 cm³/mol. The van der Waals surface area contributed by atoms with Crippen molar-refractivity contribution in [1.82, 2.24) is 13.9 Å². The van der Waals surface area contributed by atoms with Gasteiger partial charge in [0, 0.05) is 32.2 Å². The molecule has 0 aromatic carbocycles. The molecule has 2 aliphatic heterocycles. The zero-order valence-electron chi connectivity index (χ0n) is 13.0. The molecule has 118 valence electrons. The first kappa shape index (κ1) is 16.2. The average molecular weight is 303 g/mol. The predicted octanol–water partition coefficient (Wildman–Crippen LogP) is 1.28. The number of nitrogens with zero attached hydrogens (tertiary/aromatic N) is 2. The highest BCUT2D eigenvalue weighted by molar-refractivity contribution is 7.86. The van der Waals surface area contributed by atoms with Crippen LogP contribution in [0.25, 0.3) is 0 Å². The first-order valence-corrected chi connectivity index (χ1v) is 9.32. The minimum Gasteiger partial charge on any atom is -0.315 e. The third kappa shape index (κ3) is 3.53. The molecule has 0 amide bonds. The van der Waals surface area contributed by atoms with E-state index in [4.69, 9.17) is 0 Å². The topological polar surface area (TPSA) is 52.7 Å². The molecular formula is C14H29N3O2S. The number of hydrogen-bond acceptors (Lipinski definition) is 3. The van der Waals surface area contributed by atoms with Crippen molar-refractivity contribution < 1.29 is 8.42 Å². The fourth-order valence-electron chi connectivity index (χ4n) is 3.53. The molecule has 3 unspecified atom stereocenters. The fraction of sp³-hybridized carbons (Fsp3) is 1.00. The maximum atomic E-state index is 13.0. The van der Waals surface area contributed by atoms with Crippen LogP contribution in [0.4, 0.5) is 0 Å². The van der Waals surface area contributed by atoms with E-state index in [2.05, 4.69) is 19.2 Å². The molecule has 0 bridgehead atoms. The van der Waals surface area contributed by atoms with Crippen LogP contribution >= 0.6 is 0 Å². The molecule has 2 aliphatic rings. The van der Waals surface area contributed by atoms with Crippen molar-refractivity contribution in [2.24, 2.45) is 11.8 Å². The van der Waals surface area contributed by atoms with Crippen LogP contribution in [-0.2, 0) is 10.2 Å². The lowest BCUT2D eigenvalue weighted by molar-refractivity contribution is 0.201. The van der Waals surface area contributed by atoms with Crippen LogP contribution in [0, 0.1) is 11.8 Å². The number of hydrogen-bond donors (Lipinski definition) is 1. The second-order valence-electron chi connectivity index (χ2n) is 6.53. The van der Waals surface area contributed by atoms with Crippen LogP contribution < -0.4 is 5.32 Å². The van der Waals surface area contributed by atoms with Gasteiger partial charge in [-0.05, 0) is 37.6 Å². The first-order valence-electron chi connectivity index (χ1n) is 7.92. The van der Waals surface area contributed by atoms with E-state index in [1.54, 1.807) is 8.61 Å². The summed E-state index contributed by atoms with van der Waals surface area (Å²) in [4.78, 5) is 0. The van der Waals surface area contributed by atoms with E-state index < -0.39 is 10.2 Å². The molecule has 0 aromatic rings. The summed E-state index contributed by atoms with van der Waals surface area (Å²) in [6.45, 7) is 10.0. The summed E-state index contributed by atoms with van der Waals surface area (Å²) in [6, 6.07) is 0.132. The van der Waals surface area contributed by atoms with E-state index in [9.17, 15) is 8.42 Å². The Hall–Kier alpha value is -0.170. The maximum Gasteiger partial charge on any atom is 0.282 e. The molecule has 0 radical (unpaired) electrons. The Balaban J connectivity index is 2.16. The maximum absolute atomic E-state index is 13.0. The molecule has 5 nitrogen and oxygen atoms in total. The van der Waals surface area contributed by atoms with Crippen molar-refractivity contribution in [3.05, 3.63) is 0 Å². The highest BCUT2D eigenvalue weighted by Crippen LogP contribution is 2.26. The SMILES string of the molecule is CCCN(C1CCNC1)S(=O)(=O)N1CC(C)CC(C)C1. The van der Waals surface area contributed by atoms with Gasteiger partial charge in [-0.25, -0.2) is 0 Å². The molecule has 2 saturated heterocycles. The van der Waals surface area contributed by atoms with Gasteiger partial charge in [0.2, 0.25) is 0 Å². The molecule has 0 saturated carbocycles. The van der Waals surface area contributed by atoms with Crippen LogP contribution in [0.3, 0.4) is 0 Å². The monoisotopic (exact) mass is 303 g/mol. The lowest BCUT2D eigenvalue weighted by Crippen LogP contribution is -2.53. The van der Waals surface area contributed by atoms with E-state index in [1.165, 1.54) is 0 Å². The van der Waals surface area contributed by atoms with Gasteiger partial charge in [-0.1, -0.05) is 20.8 Å². The molecular weight excluding hydrogens is 274 g/mol. The van der Waals surface area contributed by atoms with Crippen LogP contribution in [0.5, 0.6) is 0 Å². The van der Waals surface area contributed by atoms with Crippen LogP contribution in [-0.4, -0.2) is 55.8 Å². The summed E-state index contributed by atoms with van der Waals surface area (Å²) in [5.41, 5.74) is 0. The fourth-order valence-corrected chi connectivity index (χ4v) is 5.69. The molecule has 2 heterocycles. The second-order valence-corrected chi connectivity index (χ2v) is 8.41. The summed E-state index contributed by atoms with van der Waals surface area (Å²) in [5, 5.41) is 3.28.